The van der Waals surface area contributed by atoms with Gasteiger partial charge in [0.15, 0.2) is 6.61 Å². The molecule has 0 aromatic heterocycles. The quantitative estimate of drug-likeness (QED) is 0.751. The van der Waals surface area contributed by atoms with Crippen LogP contribution < -0.4 is 10.1 Å². The molecular weight excluding hydrogens is 406 g/mol. The van der Waals surface area contributed by atoms with Gasteiger partial charge in [0.2, 0.25) is 0 Å². The second-order valence-electron chi connectivity index (χ2n) is 8.58. The van der Waals surface area contributed by atoms with Crippen LogP contribution in [-0.2, 0) is 15.1 Å². The van der Waals surface area contributed by atoms with Gasteiger partial charge in [-0.25, -0.2) is 4.79 Å². The highest BCUT2D eigenvalue weighted by atomic mass is 16.6. The van der Waals surface area contributed by atoms with E-state index in [2.05, 4.69) is 5.32 Å². The summed E-state index contributed by atoms with van der Waals surface area (Å²) in [6.45, 7) is 7.60. The van der Waals surface area contributed by atoms with Crippen molar-refractivity contribution in [3.63, 3.8) is 0 Å². The van der Waals surface area contributed by atoms with Crippen LogP contribution in [0.15, 0.2) is 54.6 Å². The number of hydrogen-bond donors (Lipinski definition) is 1. The minimum Gasteiger partial charge on any atom is -0.484 e. The molecule has 0 unspecified atom stereocenters. The fourth-order valence-electron chi connectivity index (χ4n) is 4.27. The third-order valence-corrected chi connectivity index (χ3v) is 6.40. The van der Waals surface area contributed by atoms with Gasteiger partial charge in [-0.1, -0.05) is 42.5 Å². The molecule has 2 heterocycles. The number of ether oxygens (including phenoxy) is 2. The van der Waals surface area contributed by atoms with E-state index in [1.54, 1.807) is 4.90 Å². The van der Waals surface area contributed by atoms with E-state index in [9.17, 15) is 9.59 Å². The van der Waals surface area contributed by atoms with Crippen molar-refractivity contribution in [3.8, 4) is 5.75 Å². The molecule has 170 valence electrons. The minimum atomic E-state index is -0.621. The lowest BCUT2D eigenvalue weighted by Gasteiger charge is -2.41. The number of carbonyl (C=O) groups is 2. The summed E-state index contributed by atoms with van der Waals surface area (Å²) in [6, 6.07) is 17.3. The molecule has 2 aliphatic rings. The molecule has 0 spiro atoms. The van der Waals surface area contributed by atoms with Crippen molar-refractivity contribution in [2.45, 2.75) is 31.9 Å². The molecule has 2 atom stereocenters. The van der Waals surface area contributed by atoms with Gasteiger partial charge in [-0.15, -0.1) is 0 Å². The molecule has 0 bridgehead atoms. The van der Waals surface area contributed by atoms with Crippen molar-refractivity contribution < 1.29 is 19.1 Å². The van der Waals surface area contributed by atoms with Crippen LogP contribution in [0.1, 0.15) is 37.4 Å². The molecule has 2 aromatic carbocycles. The smallest absolute Gasteiger partial charge is 0.411 e. The summed E-state index contributed by atoms with van der Waals surface area (Å²) in [7, 11) is 0. The average Bonchev–Trinajstić information content (AvgIpc) is 2.83. The van der Waals surface area contributed by atoms with Crippen LogP contribution in [0, 0.1) is 0 Å². The first-order valence-electron chi connectivity index (χ1n) is 11.2. The molecule has 2 aromatic rings. The molecule has 2 saturated heterocycles. The highest BCUT2D eigenvalue weighted by Crippen LogP contribution is 2.36. The van der Waals surface area contributed by atoms with Gasteiger partial charge in [0.1, 0.15) is 11.4 Å². The molecule has 4 rings (SSSR count). The molecule has 2 amide bonds. The number of nitrogens with one attached hydrogen (secondary N) is 1. The molecule has 2 fully saturated rings. The van der Waals surface area contributed by atoms with Crippen molar-refractivity contribution in [1.82, 2.24) is 15.1 Å². The van der Waals surface area contributed by atoms with Gasteiger partial charge in [0.25, 0.3) is 5.91 Å². The lowest BCUT2D eigenvalue weighted by molar-refractivity contribution is -0.133. The number of cyclic esters (lactones) is 1. The largest absolute Gasteiger partial charge is 0.484 e. The number of hydrogen-bond acceptors (Lipinski definition) is 5. The van der Waals surface area contributed by atoms with Gasteiger partial charge in [0.05, 0.1) is 6.04 Å². The first kappa shape index (κ1) is 22.1. The van der Waals surface area contributed by atoms with Gasteiger partial charge in [-0.05, 0) is 37.1 Å². The van der Waals surface area contributed by atoms with Crippen molar-refractivity contribution in [2.75, 3.05) is 39.3 Å². The third kappa shape index (κ3) is 4.88. The van der Waals surface area contributed by atoms with E-state index in [-0.39, 0.29) is 24.6 Å². The van der Waals surface area contributed by atoms with E-state index in [0.717, 1.165) is 24.2 Å². The summed E-state index contributed by atoms with van der Waals surface area (Å²) in [5.41, 5.74) is 1.33. The Kier molecular flexibility index (Phi) is 6.65. The lowest BCUT2D eigenvalue weighted by atomic mass is 9.90. The molecule has 0 saturated carbocycles. The third-order valence-electron chi connectivity index (χ3n) is 6.40. The fraction of sp³-hybridized carbons (Fsp3) is 0.440. The predicted octanol–water partition coefficient (Wildman–Crippen LogP) is 3.32. The summed E-state index contributed by atoms with van der Waals surface area (Å²) >= 11 is 0. The summed E-state index contributed by atoms with van der Waals surface area (Å²) in [6.07, 6.45) is 0.387. The minimum absolute atomic E-state index is 0.00948. The van der Waals surface area contributed by atoms with Crippen LogP contribution in [0.5, 0.6) is 5.75 Å². The molecule has 1 N–H and O–H groups in total. The molecule has 32 heavy (non-hydrogen) atoms. The predicted molar refractivity (Wildman–Crippen MR) is 121 cm³/mol. The Morgan fingerprint density at radius 3 is 2.59 bits per heavy atom. The van der Waals surface area contributed by atoms with E-state index in [0.29, 0.717) is 31.8 Å². The Labute approximate surface area is 189 Å². The van der Waals surface area contributed by atoms with Gasteiger partial charge >= 0.3 is 6.09 Å². The fourth-order valence-corrected chi connectivity index (χ4v) is 4.27. The van der Waals surface area contributed by atoms with Crippen molar-refractivity contribution in [2.24, 2.45) is 0 Å². The number of rotatable bonds is 6. The van der Waals surface area contributed by atoms with Crippen LogP contribution in [0.2, 0.25) is 0 Å². The summed E-state index contributed by atoms with van der Waals surface area (Å²) in [5.74, 6) is 0.613. The Morgan fingerprint density at radius 2 is 1.88 bits per heavy atom. The van der Waals surface area contributed by atoms with Gasteiger partial charge in [-0.3, -0.25) is 4.79 Å². The number of carbonyl (C=O) groups excluding carboxylic acids is 2. The zero-order chi connectivity index (χ0) is 22.6. The maximum absolute atomic E-state index is 12.9. The molecular formula is C25H31N3O4. The second-order valence-corrected chi connectivity index (χ2v) is 8.58. The summed E-state index contributed by atoms with van der Waals surface area (Å²) in [5, 5.41) is 3.24. The SMILES string of the molecule is C[C@@H](c1cccc(OCC(=O)N2CCNCC2)c1)N1CC[C@@](C)(c2ccccc2)OC1=O. The zero-order valence-electron chi connectivity index (χ0n) is 18.8. The van der Waals surface area contributed by atoms with Gasteiger partial charge in [0, 0.05) is 39.1 Å². The molecule has 7 nitrogen and oxygen atoms in total. The van der Waals surface area contributed by atoms with Crippen LogP contribution in [-0.4, -0.2) is 61.1 Å². The van der Waals surface area contributed by atoms with Gasteiger partial charge in [-0.2, -0.15) is 0 Å². The van der Waals surface area contributed by atoms with Crippen molar-refractivity contribution in [1.29, 1.82) is 0 Å². The first-order valence-corrected chi connectivity index (χ1v) is 11.2. The average molecular weight is 438 g/mol. The monoisotopic (exact) mass is 437 g/mol. The van der Waals surface area contributed by atoms with E-state index in [1.165, 1.54) is 0 Å². The van der Waals surface area contributed by atoms with E-state index in [1.807, 2.05) is 73.3 Å². The number of benzene rings is 2. The molecule has 2 aliphatic heterocycles. The Balaban J connectivity index is 1.38. The van der Waals surface area contributed by atoms with E-state index in [4.69, 9.17) is 9.47 Å². The van der Waals surface area contributed by atoms with Gasteiger partial charge < -0.3 is 24.6 Å². The highest BCUT2D eigenvalue weighted by Gasteiger charge is 2.39. The number of nitrogens with zero attached hydrogens (tertiary/aromatic N) is 2. The number of piperazine rings is 1. The Hall–Kier alpha value is -3.06. The molecule has 0 radical (unpaired) electrons. The first-order chi connectivity index (χ1) is 15.5. The molecule has 7 heteroatoms. The van der Waals surface area contributed by atoms with Crippen LogP contribution >= 0.6 is 0 Å². The highest BCUT2D eigenvalue weighted by molar-refractivity contribution is 5.78. The maximum atomic E-state index is 12.9. The van der Waals surface area contributed by atoms with Crippen LogP contribution in [0.3, 0.4) is 0 Å². The Bertz CT molecular complexity index is 945. The van der Waals surface area contributed by atoms with Crippen LogP contribution in [0.25, 0.3) is 0 Å². The Morgan fingerprint density at radius 1 is 1.12 bits per heavy atom. The standard InChI is InChI=1S/C25H31N3O4/c1-19(28-14-11-25(2,32-24(28)30)21-8-4-3-5-9-21)20-7-6-10-22(17-20)31-18-23(29)27-15-12-26-13-16-27/h3-10,17,19,26H,11-16,18H2,1-2H3/t19-,25-/m0/s1. The normalized spacial score (nSPS) is 22.2. The van der Waals surface area contributed by atoms with Crippen LogP contribution in [0.4, 0.5) is 4.79 Å². The summed E-state index contributed by atoms with van der Waals surface area (Å²) < 4.78 is 11.7. The summed E-state index contributed by atoms with van der Waals surface area (Å²) in [4.78, 5) is 28.8. The maximum Gasteiger partial charge on any atom is 0.411 e. The zero-order valence-corrected chi connectivity index (χ0v) is 18.8. The molecule has 0 aliphatic carbocycles. The van der Waals surface area contributed by atoms with E-state index < -0.39 is 5.60 Å². The van der Waals surface area contributed by atoms with E-state index >= 15 is 0 Å². The lowest BCUT2D eigenvalue weighted by Crippen LogP contribution is -2.48. The second kappa shape index (κ2) is 9.61. The number of amides is 2. The van der Waals surface area contributed by atoms with Crippen molar-refractivity contribution >= 4 is 12.0 Å². The van der Waals surface area contributed by atoms with Crippen molar-refractivity contribution in [3.05, 3.63) is 65.7 Å². The topological polar surface area (TPSA) is 71.1 Å².